The Morgan fingerprint density at radius 3 is 2.65 bits per heavy atom. The molecule has 0 bridgehead atoms. The van der Waals surface area contributed by atoms with Crippen molar-refractivity contribution in [1.82, 2.24) is 20.6 Å². The molecule has 8 nitrogen and oxygen atoms in total. The van der Waals surface area contributed by atoms with Gasteiger partial charge in [0.2, 0.25) is 5.91 Å². The van der Waals surface area contributed by atoms with E-state index >= 15 is 0 Å². The van der Waals surface area contributed by atoms with E-state index in [1.54, 1.807) is 18.2 Å². The molecule has 2 amide bonds. The van der Waals surface area contributed by atoms with Gasteiger partial charge in [0.1, 0.15) is 9.90 Å². The molecule has 0 radical (unpaired) electrons. The number of hydrogen-bond acceptors (Lipinski definition) is 6. The monoisotopic (exact) mass is 354 g/mol. The van der Waals surface area contributed by atoms with E-state index in [1.165, 1.54) is 25.3 Å². The summed E-state index contributed by atoms with van der Waals surface area (Å²) < 4.78 is 24.2. The van der Waals surface area contributed by atoms with Gasteiger partial charge in [-0.15, -0.1) is 16.2 Å². The summed E-state index contributed by atoms with van der Waals surface area (Å²) in [4.78, 5) is 29.1. The Morgan fingerprint density at radius 1 is 1.22 bits per heavy atom. The molecule has 0 spiro atoms. The van der Waals surface area contributed by atoms with Crippen molar-refractivity contribution >= 4 is 33.2 Å². The fourth-order valence-electron chi connectivity index (χ4n) is 1.53. The van der Waals surface area contributed by atoms with Gasteiger partial charge in [-0.2, -0.15) is 0 Å². The lowest BCUT2D eigenvalue weighted by Crippen LogP contribution is -2.41. The highest BCUT2D eigenvalue weighted by atomic mass is 32.2. The summed E-state index contributed by atoms with van der Waals surface area (Å²) in [6.45, 7) is 1.62. The van der Waals surface area contributed by atoms with Crippen LogP contribution in [0.2, 0.25) is 0 Å². The highest BCUT2D eigenvalue weighted by Crippen LogP contribution is 2.20. The maximum atomic E-state index is 12.1. The number of nitrogens with one attached hydrogen (secondary N) is 3. The molecule has 2 heterocycles. The Labute approximate surface area is 137 Å². The van der Waals surface area contributed by atoms with Gasteiger partial charge in [0, 0.05) is 18.0 Å². The first kappa shape index (κ1) is 17.1. The summed E-state index contributed by atoms with van der Waals surface area (Å²) in [5, 5.41) is 2.58. The molecule has 0 atom stereocenters. The van der Waals surface area contributed by atoms with Crippen LogP contribution in [0.25, 0.3) is 0 Å². The van der Waals surface area contributed by atoms with Gasteiger partial charge < -0.3 is 5.32 Å². The lowest BCUT2D eigenvalue weighted by atomic mass is 10.3. The summed E-state index contributed by atoms with van der Waals surface area (Å²) in [7, 11) is -3.88. The molecule has 0 unspecified atom stereocenters. The van der Waals surface area contributed by atoms with Gasteiger partial charge in [0.25, 0.3) is 15.9 Å². The zero-order chi connectivity index (χ0) is 16.9. The molecule has 0 saturated carbocycles. The SMILES string of the molecule is CC(=O)NCc1ccc(S(=O)(=O)NNC(=O)c2ccccn2)s1. The van der Waals surface area contributed by atoms with Crippen LogP contribution in [0.15, 0.2) is 40.7 Å². The third-order valence-corrected chi connectivity index (χ3v) is 5.43. The molecule has 2 aromatic heterocycles. The van der Waals surface area contributed by atoms with Crippen LogP contribution in [0.3, 0.4) is 0 Å². The summed E-state index contributed by atoms with van der Waals surface area (Å²) in [6, 6.07) is 7.71. The number of amides is 2. The van der Waals surface area contributed by atoms with Crippen LogP contribution in [0, 0.1) is 0 Å². The number of carbonyl (C=O) groups excluding carboxylic acids is 2. The van der Waals surface area contributed by atoms with E-state index in [-0.39, 0.29) is 22.4 Å². The molecule has 0 fully saturated rings. The minimum absolute atomic E-state index is 0.0270. The predicted octanol–water partition coefficient (Wildman–Crippen LogP) is 0.403. The van der Waals surface area contributed by atoms with Crippen molar-refractivity contribution in [2.24, 2.45) is 0 Å². The summed E-state index contributed by atoms with van der Waals surface area (Å²) in [5.74, 6) is -0.868. The first-order chi connectivity index (χ1) is 10.9. The second kappa shape index (κ2) is 7.31. The number of carbonyl (C=O) groups is 2. The zero-order valence-corrected chi connectivity index (χ0v) is 13.7. The second-order valence-corrected chi connectivity index (χ2v) is 7.48. The average Bonchev–Trinajstić information content (AvgIpc) is 3.01. The summed E-state index contributed by atoms with van der Waals surface area (Å²) in [5.41, 5.74) is 2.19. The van der Waals surface area contributed by atoms with Gasteiger partial charge in [0.05, 0.1) is 6.54 Å². The van der Waals surface area contributed by atoms with Gasteiger partial charge in [-0.1, -0.05) is 6.07 Å². The van der Waals surface area contributed by atoms with E-state index in [0.29, 0.717) is 4.88 Å². The van der Waals surface area contributed by atoms with E-state index < -0.39 is 15.9 Å². The highest BCUT2D eigenvalue weighted by Gasteiger charge is 2.18. The third-order valence-electron chi connectivity index (χ3n) is 2.61. The molecule has 0 aromatic carbocycles. The van der Waals surface area contributed by atoms with E-state index in [1.807, 2.05) is 4.83 Å². The van der Waals surface area contributed by atoms with Crippen molar-refractivity contribution in [2.45, 2.75) is 17.7 Å². The number of hydrogen-bond donors (Lipinski definition) is 3. The van der Waals surface area contributed by atoms with E-state index in [0.717, 1.165) is 11.3 Å². The Balaban J connectivity index is 1.99. The number of pyridine rings is 1. The fourth-order valence-corrected chi connectivity index (χ4v) is 3.67. The smallest absolute Gasteiger partial charge is 0.284 e. The summed E-state index contributed by atoms with van der Waals surface area (Å²) in [6.07, 6.45) is 1.43. The number of hydrazine groups is 1. The van der Waals surface area contributed by atoms with Crippen LogP contribution in [0.4, 0.5) is 0 Å². The molecule has 0 aliphatic carbocycles. The Bertz CT molecular complexity index is 802. The van der Waals surface area contributed by atoms with Gasteiger partial charge >= 0.3 is 0 Å². The van der Waals surface area contributed by atoms with Crippen LogP contribution in [0.1, 0.15) is 22.3 Å². The van der Waals surface area contributed by atoms with E-state index in [9.17, 15) is 18.0 Å². The minimum atomic E-state index is -3.88. The van der Waals surface area contributed by atoms with Crippen molar-refractivity contribution in [3.8, 4) is 0 Å². The third kappa shape index (κ3) is 4.84. The predicted molar refractivity (Wildman–Crippen MR) is 83.9 cm³/mol. The molecular weight excluding hydrogens is 340 g/mol. The summed E-state index contributed by atoms with van der Waals surface area (Å²) >= 11 is 0.997. The molecule has 3 N–H and O–H groups in total. The topological polar surface area (TPSA) is 117 Å². The Morgan fingerprint density at radius 2 is 2.00 bits per heavy atom. The fraction of sp³-hybridized carbons (Fsp3) is 0.154. The standard InChI is InChI=1S/C13H14N4O4S2/c1-9(18)15-8-10-5-6-12(22-10)23(20,21)17-16-13(19)11-4-2-3-7-14-11/h2-7,17H,8H2,1H3,(H,15,18)(H,16,19). The first-order valence-electron chi connectivity index (χ1n) is 6.45. The van der Waals surface area contributed by atoms with Crippen molar-refractivity contribution in [3.63, 3.8) is 0 Å². The quantitative estimate of drug-likeness (QED) is 0.649. The lowest BCUT2D eigenvalue weighted by molar-refractivity contribution is -0.119. The zero-order valence-electron chi connectivity index (χ0n) is 12.1. The molecule has 23 heavy (non-hydrogen) atoms. The van der Waals surface area contributed by atoms with Gasteiger partial charge in [-0.3, -0.25) is 20.0 Å². The van der Waals surface area contributed by atoms with Crippen LogP contribution < -0.4 is 15.6 Å². The molecule has 2 rings (SSSR count). The molecular formula is C13H14N4O4S2. The van der Waals surface area contributed by atoms with Crippen LogP contribution in [0.5, 0.6) is 0 Å². The second-order valence-electron chi connectivity index (χ2n) is 4.41. The maximum Gasteiger partial charge on any atom is 0.284 e. The van der Waals surface area contributed by atoms with Crippen molar-refractivity contribution < 1.29 is 18.0 Å². The number of sulfonamides is 1. The highest BCUT2D eigenvalue weighted by molar-refractivity contribution is 7.91. The van der Waals surface area contributed by atoms with Gasteiger partial charge in [0.15, 0.2) is 0 Å². The van der Waals surface area contributed by atoms with E-state index in [2.05, 4.69) is 15.7 Å². The maximum absolute atomic E-state index is 12.1. The van der Waals surface area contributed by atoms with Gasteiger partial charge in [-0.25, -0.2) is 8.42 Å². The Kier molecular flexibility index (Phi) is 5.42. The van der Waals surface area contributed by atoms with Crippen molar-refractivity contribution in [2.75, 3.05) is 0 Å². The number of aromatic nitrogens is 1. The lowest BCUT2D eigenvalue weighted by Gasteiger charge is -2.06. The largest absolute Gasteiger partial charge is 0.351 e. The molecule has 0 aliphatic heterocycles. The molecule has 0 saturated heterocycles. The molecule has 2 aromatic rings. The number of nitrogens with zero attached hydrogens (tertiary/aromatic N) is 1. The van der Waals surface area contributed by atoms with Crippen LogP contribution in [-0.2, 0) is 21.4 Å². The number of thiophene rings is 1. The molecule has 10 heteroatoms. The van der Waals surface area contributed by atoms with Crippen molar-refractivity contribution in [1.29, 1.82) is 0 Å². The first-order valence-corrected chi connectivity index (χ1v) is 8.75. The van der Waals surface area contributed by atoms with Crippen LogP contribution in [-0.4, -0.2) is 25.2 Å². The van der Waals surface area contributed by atoms with Crippen molar-refractivity contribution in [3.05, 3.63) is 47.1 Å². The average molecular weight is 354 g/mol. The normalized spacial score (nSPS) is 11.0. The minimum Gasteiger partial charge on any atom is -0.351 e. The Hall–Kier alpha value is -2.30. The van der Waals surface area contributed by atoms with Gasteiger partial charge in [-0.05, 0) is 24.3 Å². The van der Waals surface area contributed by atoms with E-state index in [4.69, 9.17) is 0 Å². The molecule has 122 valence electrons. The number of rotatable bonds is 6. The molecule has 0 aliphatic rings. The van der Waals surface area contributed by atoms with Crippen LogP contribution >= 0.6 is 11.3 Å².